The van der Waals surface area contributed by atoms with Gasteiger partial charge in [0.05, 0.1) is 11.6 Å². The van der Waals surface area contributed by atoms with E-state index >= 15 is 0 Å². The molecule has 0 spiro atoms. The molecule has 3 unspecified atom stereocenters. The van der Waals surface area contributed by atoms with E-state index < -0.39 is 0 Å². The summed E-state index contributed by atoms with van der Waals surface area (Å²) >= 11 is 0. The van der Waals surface area contributed by atoms with E-state index in [9.17, 15) is 0 Å². The van der Waals surface area contributed by atoms with Gasteiger partial charge < -0.3 is 9.47 Å². The van der Waals surface area contributed by atoms with Crippen molar-refractivity contribution >= 4 is 0 Å². The maximum Gasteiger partial charge on any atom is 0.133 e. The largest absolute Gasteiger partial charge is 0.487 e. The van der Waals surface area contributed by atoms with Crippen LogP contribution in [0.2, 0.25) is 0 Å². The van der Waals surface area contributed by atoms with E-state index in [0.29, 0.717) is 5.56 Å². The molecular formula is C12H11NO2. The van der Waals surface area contributed by atoms with E-state index in [-0.39, 0.29) is 17.8 Å². The summed E-state index contributed by atoms with van der Waals surface area (Å²) in [5, 5.41) is 8.82. The minimum atomic E-state index is -0.193. The molecular weight excluding hydrogens is 190 g/mol. The van der Waals surface area contributed by atoms with Crippen LogP contribution in [0.4, 0.5) is 0 Å². The predicted octanol–water partition coefficient (Wildman–Crippen LogP) is 2.17. The molecule has 0 saturated carbocycles. The van der Waals surface area contributed by atoms with Crippen LogP contribution in [0.15, 0.2) is 18.2 Å². The van der Waals surface area contributed by atoms with E-state index in [2.05, 4.69) is 6.07 Å². The molecule has 0 aliphatic carbocycles. The van der Waals surface area contributed by atoms with Gasteiger partial charge >= 0.3 is 0 Å². The number of fused-ring (bicyclic) bond motifs is 3. The van der Waals surface area contributed by atoms with Crippen LogP contribution < -0.4 is 4.74 Å². The molecule has 1 aromatic carbocycles. The Bertz CT molecular complexity index is 477. The van der Waals surface area contributed by atoms with Crippen LogP contribution in [0, 0.1) is 11.3 Å². The molecule has 0 N–H and O–H groups in total. The molecule has 1 aromatic rings. The van der Waals surface area contributed by atoms with Gasteiger partial charge in [0.2, 0.25) is 0 Å². The van der Waals surface area contributed by atoms with E-state index in [4.69, 9.17) is 14.7 Å². The second-order valence-electron chi connectivity index (χ2n) is 4.31. The maximum atomic E-state index is 8.82. The Morgan fingerprint density at radius 2 is 2.27 bits per heavy atom. The summed E-state index contributed by atoms with van der Waals surface area (Å²) in [6, 6.07) is 7.61. The molecule has 3 nitrogen and oxygen atoms in total. The highest BCUT2D eigenvalue weighted by molar-refractivity contribution is 5.48. The Kier molecular flexibility index (Phi) is 1.48. The van der Waals surface area contributed by atoms with Crippen LogP contribution in [-0.4, -0.2) is 11.7 Å². The van der Waals surface area contributed by atoms with Crippen molar-refractivity contribution in [2.75, 3.05) is 0 Å². The topological polar surface area (TPSA) is 45.5 Å². The van der Waals surface area contributed by atoms with Crippen LogP contribution in [0.25, 0.3) is 0 Å². The van der Waals surface area contributed by atoms with E-state index in [1.165, 1.54) is 0 Å². The van der Waals surface area contributed by atoms with Crippen molar-refractivity contribution in [1.82, 2.24) is 0 Å². The monoisotopic (exact) mass is 201 g/mol. The molecule has 0 bridgehead atoms. The molecule has 0 amide bonds. The molecule has 2 aliphatic rings. The van der Waals surface area contributed by atoms with Gasteiger partial charge in [-0.25, -0.2) is 0 Å². The minimum absolute atomic E-state index is 0.0722. The smallest absolute Gasteiger partial charge is 0.133 e. The lowest BCUT2D eigenvalue weighted by molar-refractivity contribution is 0.121. The molecule has 1 saturated heterocycles. The first kappa shape index (κ1) is 8.75. The zero-order valence-corrected chi connectivity index (χ0v) is 8.65. The van der Waals surface area contributed by atoms with E-state index in [1.54, 1.807) is 6.07 Å². The Labute approximate surface area is 88.2 Å². The first-order chi connectivity index (χ1) is 7.15. The first-order valence-electron chi connectivity index (χ1n) is 5.03. The lowest BCUT2D eigenvalue weighted by Crippen LogP contribution is -2.33. The molecule has 3 rings (SSSR count). The fourth-order valence-electron chi connectivity index (χ4n) is 2.14. The van der Waals surface area contributed by atoms with Crippen LogP contribution in [0.5, 0.6) is 5.75 Å². The standard InChI is InChI=1S/C12H11NO2/c1-7-12(2)11(15-12)9-5-8(6-13)3-4-10(9)14-7/h3-5,7,11H,1-2H3. The summed E-state index contributed by atoms with van der Waals surface area (Å²) in [5.74, 6) is 0.849. The van der Waals surface area contributed by atoms with Gasteiger partial charge in [-0.3, -0.25) is 0 Å². The normalized spacial score (nSPS) is 35.8. The Balaban J connectivity index is 2.11. The highest BCUT2D eigenvalue weighted by Gasteiger charge is 2.61. The van der Waals surface area contributed by atoms with Crippen molar-refractivity contribution in [3.8, 4) is 11.8 Å². The molecule has 1 fully saturated rings. The summed E-state index contributed by atoms with van der Waals surface area (Å²) < 4.78 is 11.4. The van der Waals surface area contributed by atoms with Crippen molar-refractivity contribution in [3.05, 3.63) is 29.3 Å². The number of hydrogen-bond acceptors (Lipinski definition) is 3. The second-order valence-corrected chi connectivity index (χ2v) is 4.31. The van der Waals surface area contributed by atoms with Crippen LogP contribution >= 0.6 is 0 Å². The molecule has 2 aliphatic heterocycles. The minimum Gasteiger partial charge on any atom is -0.487 e. The molecule has 2 heterocycles. The zero-order valence-electron chi connectivity index (χ0n) is 8.65. The van der Waals surface area contributed by atoms with Crippen molar-refractivity contribution < 1.29 is 9.47 Å². The summed E-state index contributed by atoms with van der Waals surface area (Å²) in [6.45, 7) is 4.06. The van der Waals surface area contributed by atoms with Crippen molar-refractivity contribution in [3.63, 3.8) is 0 Å². The second kappa shape index (κ2) is 2.53. The molecule has 3 atom stereocenters. The van der Waals surface area contributed by atoms with Gasteiger partial charge in [0, 0.05) is 5.56 Å². The summed E-state index contributed by atoms with van der Waals surface area (Å²) in [5.41, 5.74) is 1.47. The van der Waals surface area contributed by atoms with Crippen molar-refractivity contribution in [1.29, 1.82) is 5.26 Å². The van der Waals surface area contributed by atoms with Gasteiger partial charge in [-0.1, -0.05) is 0 Å². The Morgan fingerprint density at radius 1 is 1.47 bits per heavy atom. The fourth-order valence-corrected chi connectivity index (χ4v) is 2.14. The zero-order chi connectivity index (χ0) is 10.6. The molecule has 3 heteroatoms. The lowest BCUT2D eigenvalue weighted by atomic mass is 9.92. The van der Waals surface area contributed by atoms with Crippen LogP contribution in [0.1, 0.15) is 31.1 Å². The first-order valence-corrected chi connectivity index (χ1v) is 5.03. The third-order valence-corrected chi connectivity index (χ3v) is 3.37. The number of hydrogen-bond donors (Lipinski definition) is 0. The lowest BCUT2D eigenvalue weighted by Gasteiger charge is -2.25. The van der Waals surface area contributed by atoms with Gasteiger partial charge in [-0.2, -0.15) is 5.26 Å². The maximum absolute atomic E-state index is 8.82. The number of nitrogens with zero attached hydrogens (tertiary/aromatic N) is 1. The summed E-state index contributed by atoms with van der Waals surface area (Å²) in [7, 11) is 0. The van der Waals surface area contributed by atoms with Crippen LogP contribution in [0.3, 0.4) is 0 Å². The quantitative estimate of drug-likeness (QED) is 0.604. The number of nitriles is 1. The third-order valence-electron chi connectivity index (χ3n) is 3.37. The van der Waals surface area contributed by atoms with E-state index in [0.717, 1.165) is 11.3 Å². The highest BCUT2D eigenvalue weighted by Crippen LogP contribution is 2.57. The average molecular weight is 201 g/mol. The van der Waals surface area contributed by atoms with Crippen LogP contribution in [-0.2, 0) is 4.74 Å². The molecule has 15 heavy (non-hydrogen) atoms. The average Bonchev–Trinajstić information content (AvgIpc) is 2.93. The number of epoxide rings is 1. The van der Waals surface area contributed by atoms with Crippen molar-refractivity contribution in [2.24, 2.45) is 0 Å². The van der Waals surface area contributed by atoms with Crippen molar-refractivity contribution in [2.45, 2.75) is 31.7 Å². The number of benzene rings is 1. The highest BCUT2D eigenvalue weighted by atomic mass is 16.6. The SMILES string of the molecule is CC1Oc2ccc(C#N)cc2C2OC12C. The fraction of sp³-hybridized carbons (Fsp3) is 0.417. The molecule has 76 valence electrons. The number of ether oxygens (including phenoxy) is 2. The van der Waals surface area contributed by atoms with Gasteiger partial charge in [0.25, 0.3) is 0 Å². The summed E-state index contributed by atoms with van der Waals surface area (Å²) in [6.07, 6.45) is 0.174. The van der Waals surface area contributed by atoms with Gasteiger partial charge in [-0.15, -0.1) is 0 Å². The van der Waals surface area contributed by atoms with Gasteiger partial charge in [-0.05, 0) is 32.0 Å². The van der Waals surface area contributed by atoms with E-state index in [1.807, 2.05) is 26.0 Å². The van der Waals surface area contributed by atoms with Gasteiger partial charge in [0.15, 0.2) is 0 Å². The molecule has 0 radical (unpaired) electrons. The number of rotatable bonds is 0. The predicted molar refractivity (Wildman–Crippen MR) is 53.5 cm³/mol. The Morgan fingerprint density at radius 3 is 3.00 bits per heavy atom. The third kappa shape index (κ3) is 1.03. The Hall–Kier alpha value is -1.53. The molecule has 0 aromatic heterocycles. The van der Waals surface area contributed by atoms with Gasteiger partial charge in [0.1, 0.15) is 23.6 Å². The summed E-state index contributed by atoms with van der Waals surface area (Å²) in [4.78, 5) is 0.